The second-order valence-corrected chi connectivity index (χ2v) is 4.17. The van der Waals surface area contributed by atoms with E-state index in [-0.39, 0.29) is 11.7 Å². The molecule has 5 nitrogen and oxygen atoms in total. The molecule has 0 heterocycles. The van der Waals surface area contributed by atoms with Crippen LogP contribution in [0.5, 0.6) is 5.75 Å². The summed E-state index contributed by atoms with van der Waals surface area (Å²) in [5, 5.41) is 8.75. The summed E-state index contributed by atoms with van der Waals surface area (Å²) >= 11 is 5.03. The monoisotopic (exact) mass is 303 g/mol. The molecule has 1 amide bonds. The zero-order valence-electron chi connectivity index (χ0n) is 10.8. The molecule has 0 spiro atoms. The van der Waals surface area contributed by atoms with Crippen molar-refractivity contribution in [2.75, 3.05) is 18.4 Å². The van der Waals surface area contributed by atoms with Gasteiger partial charge in [0, 0.05) is 25.7 Å². The zero-order valence-corrected chi connectivity index (χ0v) is 11.6. The lowest BCUT2D eigenvalue weighted by Gasteiger charge is -2.11. The highest BCUT2D eigenvalue weighted by molar-refractivity contribution is 7.80. The Balaban J connectivity index is 2.32. The number of hydrogen-bond donors (Lipinski definition) is 3. The molecule has 0 unspecified atom stereocenters. The van der Waals surface area contributed by atoms with Gasteiger partial charge in [-0.1, -0.05) is 0 Å². The van der Waals surface area contributed by atoms with E-state index < -0.39 is 6.61 Å². The molecule has 0 bridgehead atoms. The van der Waals surface area contributed by atoms with Gasteiger partial charge in [-0.25, -0.2) is 0 Å². The van der Waals surface area contributed by atoms with Gasteiger partial charge in [-0.3, -0.25) is 4.79 Å². The Morgan fingerprint density at radius 1 is 1.25 bits per heavy atom. The van der Waals surface area contributed by atoms with Crippen molar-refractivity contribution in [1.29, 1.82) is 0 Å². The molecular weight excluding hydrogens is 288 g/mol. The number of benzene rings is 1. The molecule has 3 N–H and O–H groups in total. The van der Waals surface area contributed by atoms with Crippen molar-refractivity contribution in [3.05, 3.63) is 24.3 Å². The van der Waals surface area contributed by atoms with Crippen molar-refractivity contribution in [2.24, 2.45) is 0 Å². The SMILES string of the molecule is CC(=O)NCCNC(=S)Nc1ccc(OC(F)F)cc1. The molecule has 0 saturated carbocycles. The standard InChI is InChI=1S/C12H15F2N3O2S/c1-8(18)15-6-7-16-12(20)17-9-2-4-10(5-3-9)19-11(13)14/h2-5,11H,6-7H2,1H3,(H,15,18)(H2,16,17,20). The maximum absolute atomic E-state index is 12.0. The van der Waals surface area contributed by atoms with Crippen LogP contribution in [0.15, 0.2) is 24.3 Å². The average molecular weight is 303 g/mol. The van der Waals surface area contributed by atoms with E-state index in [0.29, 0.717) is 23.9 Å². The summed E-state index contributed by atoms with van der Waals surface area (Å²) < 4.78 is 28.2. The van der Waals surface area contributed by atoms with Crippen LogP contribution >= 0.6 is 12.2 Å². The van der Waals surface area contributed by atoms with Gasteiger partial charge in [-0.15, -0.1) is 0 Å². The van der Waals surface area contributed by atoms with Crippen LogP contribution in [-0.2, 0) is 4.79 Å². The lowest BCUT2D eigenvalue weighted by Crippen LogP contribution is -2.35. The minimum absolute atomic E-state index is 0.0788. The van der Waals surface area contributed by atoms with Crippen LogP contribution in [0.25, 0.3) is 0 Å². The van der Waals surface area contributed by atoms with Crippen LogP contribution in [0.1, 0.15) is 6.92 Å². The van der Waals surface area contributed by atoms with Crippen molar-refractivity contribution < 1.29 is 18.3 Å². The van der Waals surface area contributed by atoms with Gasteiger partial charge in [0.25, 0.3) is 0 Å². The molecule has 1 rings (SSSR count). The van der Waals surface area contributed by atoms with Crippen LogP contribution in [0.4, 0.5) is 14.5 Å². The third-order valence-corrected chi connectivity index (χ3v) is 2.37. The van der Waals surface area contributed by atoms with Crippen LogP contribution in [0.3, 0.4) is 0 Å². The van der Waals surface area contributed by atoms with E-state index in [9.17, 15) is 13.6 Å². The van der Waals surface area contributed by atoms with E-state index in [1.54, 1.807) is 12.1 Å². The number of rotatable bonds is 6. The number of hydrogen-bond acceptors (Lipinski definition) is 3. The Morgan fingerprint density at radius 2 is 1.85 bits per heavy atom. The number of amides is 1. The Morgan fingerprint density at radius 3 is 2.40 bits per heavy atom. The lowest BCUT2D eigenvalue weighted by molar-refractivity contribution is -0.118. The molecule has 8 heteroatoms. The molecule has 1 aromatic rings. The Kier molecular flexibility index (Phi) is 6.65. The average Bonchev–Trinajstić information content (AvgIpc) is 2.36. The molecule has 0 aliphatic carbocycles. The number of anilines is 1. The highest BCUT2D eigenvalue weighted by Crippen LogP contribution is 2.17. The number of alkyl halides is 2. The minimum Gasteiger partial charge on any atom is -0.435 e. The molecule has 1 aromatic carbocycles. The smallest absolute Gasteiger partial charge is 0.387 e. The van der Waals surface area contributed by atoms with Crippen molar-refractivity contribution in [3.63, 3.8) is 0 Å². The number of halogens is 2. The number of carbonyl (C=O) groups is 1. The Labute approximate surface area is 120 Å². The van der Waals surface area contributed by atoms with Crippen molar-refractivity contribution in [2.45, 2.75) is 13.5 Å². The molecular formula is C12H15F2N3O2S. The minimum atomic E-state index is -2.84. The van der Waals surface area contributed by atoms with Crippen molar-refractivity contribution >= 4 is 28.9 Å². The van der Waals surface area contributed by atoms with Crippen LogP contribution in [0.2, 0.25) is 0 Å². The second-order valence-electron chi connectivity index (χ2n) is 3.77. The van der Waals surface area contributed by atoms with Gasteiger partial charge in [-0.05, 0) is 36.5 Å². The van der Waals surface area contributed by atoms with E-state index in [1.165, 1.54) is 19.1 Å². The first kappa shape index (κ1) is 16.1. The molecule has 110 valence electrons. The van der Waals surface area contributed by atoms with E-state index in [1.807, 2.05) is 0 Å². The molecule has 0 saturated heterocycles. The maximum atomic E-state index is 12.0. The first-order chi connectivity index (χ1) is 9.47. The van der Waals surface area contributed by atoms with Gasteiger partial charge in [-0.2, -0.15) is 8.78 Å². The normalized spacial score (nSPS) is 10.0. The summed E-state index contributed by atoms with van der Waals surface area (Å²) in [7, 11) is 0. The Hall–Kier alpha value is -1.96. The van der Waals surface area contributed by atoms with Crippen LogP contribution < -0.4 is 20.7 Å². The van der Waals surface area contributed by atoms with Gasteiger partial charge in [0.2, 0.25) is 5.91 Å². The summed E-state index contributed by atoms with van der Waals surface area (Å²) in [6.07, 6.45) is 0. The van der Waals surface area contributed by atoms with Gasteiger partial charge >= 0.3 is 6.61 Å². The summed E-state index contributed by atoms with van der Waals surface area (Å²) in [5.74, 6) is -0.0321. The van der Waals surface area contributed by atoms with Gasteiger partial charge < -0.3 is 20.7 Å². The number of thiocarbonyl (C=S) groups is 1. The predicted octanol–water partition coefficient (Wildman–Crippen LogP) is 1.71. The van der Waals surface area contributed by atoms with Crippen LogP contribution in [-0.4, -0.2) is 30.7 Å². The van der Waals surface area contributed by atoms with Gasteiger partial charge in [0.15, 0.2) is 5.11 Å². The lowest BCUT2D eigenvalue weighted by atomic mass is 10.3. The summed E-state index contributed by atoms with van der Waals surface area (Å²) in [6, 6.07) is 5.96. The van der Waals surface area contributed by atoms with Crippen molar-refractivity contribution in [1.82, 2.24) is 10.6 Å². The summed E-state index contributed by atoms with van der Waals surface area (Å²) in [5.41, 5.74) is 0.642. The van der Waals surface area contributed by atoms with Gasteiger partial charge in [0.1, 0.15) is 5.75 Å². The summed E-state index contributed by atoms with van der Waals surface area (Å²) in [4.78, 5) is 10.6. The molecule has 0 aliphatic heterocycles. The molecule has 0 aromatic heterocycles. The fraction of sp³-hybridized carbons (Fsp3) is 0.333. The molecule has 0 fully saturated rings. The third-order valence-electron chi connectivity index (χ3n) is 2.12. The zero-order chi connectivity index (χ0) is 15.0. The number of ether oxygens (including phenoxy) is 1. The van der Waals surface area contributed by atoms with E-state index in [0.717, 1.165) is 0 Å². The first-order valence-electron chi connectivity index (χ1n) is 5.81. The van der Waals surface area contributed by atoms with E-state index in [4.69, 9.17) is 12.2 Å². The van der Waals surface area contributed by atoms with Gasteiger partial charge in [0.05, 0.1) is 0 Å². The fourth-order valence-electron chi connectivity index (χ4n) is 1.31. The number of nitrogens with one attached hydrogen (secondary N) is 3. The molecule has 20 heavy (non-hydrogen) atoms. The predicted molar refractivity (Wildman–Crippen MR) is 76.0 cm³/mol. The summed E-state index contributed by atoms with van der Waals surface area (Å²) in [6.45, 7) is -0.471. The molecule has 0 atom stereocenters. The van der Waals surface area contributed by atoms with E-state index >= 15 is 0 Å². The molecule has 0 aliphatic rings. The maximum Gasteiger partial charge on any atom is 0.387 e. The fourth-order valence-corrected chi connectivity index (χ4v) is 1.53. The second kappa shape index (κ2) is 8.26. The van der Waals surface area contributed by atoms with E-state index in [2.05, 4.69) is 20.7 Å². The quantitative estimate of drug-likeness (QED) is 0.552. The molecule has 0 radical (unpaired) electrons. The largest absolute Gasteiger partial charge is 0.435 e. The number of carbonyl (C=O) groups excluding carboxylic acids is 1. The topological polar surface area (TPSA) is 62.4 Å². The third kappa shape index (κ3) is 6.83. The highest BCUT2D eigenvalue weighted by atomic mass is 32.1. The van der Waals surface area contributed by atoms with Crippen molar-refractivity contribution in [3.8, 4) is 5.75 Å². The highest BCUT2D eigenvalue weighted by Gasteiger charge is 2.04. The Bertz CT molecular complexity index is 455. The van der Waals surface area contributed by atoms with Crippen LogP contribution in [0, 0.1) is 0 Å². The first-order valence-corrected chi connectivity index (χ1v) is 6.22.